The number of carbonyl (C=O) groups is 3. The van der Waals surface area contributed by atoms with Gasteiger partial charge in [-0.05, 0) is 43.0 Å². The van der Waals surface area contributed by atoms with Crippen LogP contribution >= 0.6 is 12.4 Å². The van der Waals surface area contributed by atoms with Gasteiger partial charge in [0.1, 0.15) is 0 Å². The van der Waals surface area contributed by atoms with Crippen LogP contribution in [-0.2, 0) is 9.59 Å². The summed E-state index contributed by atoms with van der Waals surface area (Å²) in [4.78, 5) is 37.0. The average Bonchev–Trinajstić information content (AvgIpc) is 2.60. The number of rotatable bonds is 5. The van der Waals surface area contributed by atoms with E-state index in [0.717, 1.165) is 25.9 Å². The molecule has 0 bridgehead atoms. The van der Waals surface area contributed by atoms with Gasteiger partial charge < -0.3 is 21.3 Å². The standard InChI is InChI=1S/C17H24N4O3.ClH/c1-12-6-8-21(9-7-12)17(24)13-2-4-14(5-3-13)20-16(23)11-19-15(22)10-18;/h2-5,12H,6-11,18H2,1H3,(H,19,22)(H,20,23);1H. The second-order valence-corrected chi connectivity index (χ2v) is 6.08. The van der Waals surface area contributed by atoms with Crippen molar-refractivity contribution in [1.29, 1.82) is 0 Å². The average molecular weight is 369 g/mol. The van der Waals surface area contributed by atoms with Gasteiger partial charge in [-0.25, -0.2) is 0 Å². The van der Waals surface area contributed by atoms with Gasteiger partial charge in [0.25, 0.3) is 5.91 Å². The Hall–Kier alpha value is -2.12. The summed E-state index contributed by atoms with van der Waals surface area (Å²) in [5, 5.41) is 5.05. The number of piperidine rings is 1. The molecule has 138 valence electrons. The molecule has 0 aliphatic carbocycles. The molecule has 0 unspecified atom stereocenters. The predicted octanol–water partition coefficient (Wildman–Crippen LogP) is 0.994. The predicted molar refractivity (Wildman–Crippen MR) is 98.7 cm³/mol. The third-order valence-electron chi connectivity index (χ3n) is 4.12. The number of anilines is 1. The Morgan fingerprint density at radius 1 is 1.12 bits per heavy atom. The van der Waals surface area contributed by atoms with E-state index in [0.29, 0.717) is 17.2 Å². The molecule has 1 aromatic carbocycles. The summed E-state index contributed by atoms with van der Waals surface area (Å²) in [5.74, 6) is -0.0378. The van der Waals surface area contributed by atoms with Gasteiger partial charge >= 0.3 is 0 Å². The zero-order chi connectivity index (χ0) is 17.5. The summed E-state index contributed by atoms with van der Waals surface area (Å²) in [5.41, 5.74) is 6.33. The fourth-order valence-electron chi connectivity index (χ4n) is 2.55. The van der Waals surface area contributed by atoms with Crippen molar-refractivity contribution in [2.75, 3.05) is 31.5 Å². The molecule has 0 aromatic heterocycles. The van der Waals surface area contributed by atoms with Crippen LogP contribution in [0.5, 0.6) is 0 Å². The summed E-state index contributed by atoms with van der Waals surface area (Å²) in [6.45, 7) is 3.50. The number of nitrogens with two attached hydrogens (primary N) is 1. The minimum atomic E-state index is -0.387. The first-order valence-electron chi connectivity index (χ1n) is 8.15. The molecule has 1 aromatic rings. The first-order chi connectivity index (χ1) is 11.5. The molecule has 1 aliphatic heterocycles. The monoisotopic (exact) mass is 368 g/mol. The Morgan fingerprint density at radius 2 is 1.72 bits per heavy atom. The summed E-state index contributed by atoms with van der Waals surface area (Å²) in [6, 6.07) is 6.77. The van der Waals surface area contributed by atoms with Crippen LogP contribution in [0.4, 0.5) is 5.69 Å². The lowest BCUT2D eigenvalue weighted by Gasteiger charge is -2.30. The zero-order valence-electron chi connectivity index (χ0n) is 14.3. The first-order valence-corrected chi connectivity index (χ1v) is 8.15. The fraction of sp³-hybridized carbons (Fsp3) is 0.471. The Labute approximate surface area is 153 Å². The van der Waals surface area contributed by atoms with E-state index < -0.39 is 0 Å². The zero-order valence-corrected chi connectivity index (χ0v) is 15.1. The first kappa shape index (κ1) is 20.9. The smallest absolute Gasteiger partial charge is 0.253 e. The van der Waals surface area contributed by atoms with E-state index in [9.17, 15) is 14.4 Å². The normalized spacial score (nSPS) is 14.4. The van der Waals surface area contributed by atoms with Gasteiger partial charge in [-0.2, -0.15) is 0 Å². The molecule has 3 amide bonds. The van der Waals surface area contributed by atoms with Crippen molar-refractivity contribution in [2.24, 2.45) is 11.7 Å². The van der Waals surface area contributed by atoms with Crippen molar-refractivity contribution in [3.63, 3.8) is 0 Å². The van der Waals surface area contributed by atoms with Gasteiger partial charge in [-0.3, -0.25) is 14.4 Å². The van der Waals surface area contributed by atoms with Crippen LogP contribution in [0.2, 0.25) is 0 Å². The molecular weight excluding hydrogens is 344 g/mol. The van der Waals surface area contributed by atoms with Crippen molar-refractivity contribution < 1.29 is 14.4 Å². The Kier molecular flexibility index (Phi) is 8.37. The van der Waals surface area contributed by atoms with E-state index in [4.69, 9.17) is 5.73 Å². The molecule has 0 radical (unpaired) electrons. The fourth-order valence-corrected chi connectivity index (χ4v) is 2.55. The van der Waals surface area contributed by atoms with Crippen molar-refractivity contribution in [2.45, 2.75) is 19.8 Å². The molecule has 0 spiro atoms. The lowest BCUT2D eigenvalue weighted by molar-refractivity contribution is -0.123. The molecule has 4 N–H and O–H groups in total. The number of nitrogens with one attached hydrogen (secondary N) is 2. The summed E-state index contributed by atoms with van der Waals surface area (Å²) >= 11 is 0. The molecule has 1 saturated heterocycles. The summed E-state index contributed by atoms with van der Waals surface area (Å²) in [7, 11) is 0. The van der Waals surface area contributed by atoms with Gasteiger partial charge in [0.05, 0.1) is 13.1 Å². The van der Waals surface area contributed by atoms with E-state index in [1.54, 1.807) is 24.3 Å². The third kappa shape index (κ3) is 6.36. The molecule has 25 heavy (non-hydrogen) atoms. The second-order valence-electron chi connectivity index (χ2n) is 6.08. The van der Waals surface area contributed by atoms with Crippen molar-refractivity contribution in [3.05, 3.63) is 29.8 Å². The highest BCUT2D eigenvalue weighted by molar-refractivity contribution is 5.97. The van der Waals surface area contributed by atoms with Crippen molar-refractivity contribution in [1.82, 2.24) is 10.2 Å². The number of hydrogen-bond acceptors (Lipinski definition) is 4. The molecule has 1 heterocycles. The Balaban J connectivity index is 0.00000312. The largest absolute Gasteiger partial charge is 0.346 e. The number of hydrogen-bond donors (Lipinski definition) is 3. The third-order valence-corrected chi connectivity index (χ3v) is 4.12. The quantitative estimate of drug-likeness (QED) is 0.720. The minimum Gasteiger partial charge on any atom is -0.346 e. The summed E-state index contributed by atoms with van der Waals surface area (Å²) < 4.78 is 0. The maximum absolute atomic E-state index is 12.4. The highest BCUT2D eigenvalue weighted by Crippen LogP contribution is 2.19. The lowest BCUT2D eigenvalue weighted by atomic mass is 9.98. The molecular formula is C17H25ClN4O3. The van der Waals surface area contributed by atoms with Gasteiger partial charge in [0.15, 0.2) is 0 Å². The van der Waals surface area contributed by atoms with Crippen molar-refractivity contribution in [3.8, 4) is 0 Å². The van der Waals surface area contributed by atoms with Crippen molar-refractivity contribution >= 4 is 35.8 Å². The van der Waals surface area contributed by atoms with Crippen LogP contribution in [0.1, 0.15) is 30.1 Å². The molecule has 1 aliphatic rings. The molecule has 8 heteroatoms. The SMILES string of the molecule is CC1CCN(C(=O)c2ccc(NC(=O)CNC(=O)CN)cc2)CC1.Cl. The maximum atomic E-state index is 12.4. The van der Waals surface area contributed by atoms with E-state index in [2.05, 4.69) is 17.6 Å². The van der Waals surface area contributed by atoms with Gasteiger partial charge in [0.2, 0.25) is 11.8 Å². The van der Waals surface area contributed by atoms with Crippen LogP contribution < -0.4 is 16.4 Å². The molecule has 2 rings (SSSR count). The highest BCUT2D eigenvalue weighted by Gasteiger charge is 2.21. The maximum Gasteiger partial charge on any atom is 0.253 e. The molecule has 0 atom stereocenters. The minimum absolute atomic E-state index is 0. The van der Waals surface area contributed by atoms with Crippen LogP contribution in [0.3, 0.4) is 0 Å². The van der Waals surface area contributed by atoms with E-state index in [-0.39, 0.29) is 43.2 Å². The van der Waals surface area contributed by atoms with E-state index in [1.807, 2.05) is 4.90 Å². The van der Waals surface area contributed by atoms with Gasteiger partial charge in [-0.1, -0.05) is 6.92 Å². The molecule has 1 fully saturated rings. The van der Waals surface area contributed by atoms with Gasteiger partial charge in [0, 0.05) is 24.3 Å². The van der Waals surface area contributed by atoms with E-state index in [1.165, 1.54) is 0 Å². The number of nitrogens with zero attached hydrogens (tertiary/aromatic N) is 1. The van der Waals surface area contributed by atoms with Gasteiger partial charge in [-0.15, -0.1) is 12.4 Å². The number of carbonyl (C=O) groups excluding carboxylic acids is 3. The van der Waals surface area contributed by atoms with Crippen LogP contribution in [0.25, 0.3) is 0 Å². The van der Waals surface area contributed by atoms with Crippen LogP contribution in [0, 0.1) is 5.92 Å². The number of benzene rings is 1. The Bertz CT molecular complexity index is 598. The van der Waals surface area contributed by atoms with Crippen LogP contribution in [-0.4, -0.2) is 48.8 Å². The molecule has 0 saturated carbocycles. The number of amides is 3. The summed E-state index contributed by atoms with van der Waals surface area (Å²) in [6.07, 6.45) is 2.07. The molecule has 7 nitrogen and oxygen atoms in total. The second kappa shape index (κ2) is 10.0. The Morgan fingerprint density at radius 3 is 2.28 bits per heavy atom. The topological polar surface area (TPSA) is 105 Å². The number of likely N-dealkylation sites (tertiary alicyclic amines) is 1. The lowest BCUT2D eigenvalue weighted by Crippen LogP contribution is -2.38. The van der Waals surface area contributed by atoms with E-state index >= 15 is 0 Å². The highest BCUT2D eigenvalue weighted by atomic mass is 35.5. The number of halogens is 1. The van der Waals surface area contributed by atoms with Crippen LogP contribution in [0.15, 0.2) is 24.3 Å².